The molecule has 0 saturated carbocycles. The fraction of sp³-hybridized carbons (Fsp3) is 0.273. The van der Waals surface area contributed by atoms with Crippen molar-refractivity contribution in [3.8, 4) is 0 Å². The fourth-order valence-corrected chi connectivity index (χ4v) is 28.8. The normalized spacial score (nSPS) is 23.0. The van der Waals surface area contributed by atoms with Crippen LogP contribution in [0.3, 0.4) is 0 Å². The average molecular weight is 634 g/mol. The Morgan fingerprint density at radius 1 is 0.622 bits per heavy atom. The van der Waals surface area contributed by atoms with Crippen molar-refractivity contribution < 1.29 is 4.52 Å². The summed E-state index contributed by atoms with van der Waals surface area (Å²) in [6.45, 7) is 13.0. The molecule has 4 aliphatic rings. The topological polar surface area (TPSA) is 9.23 Å². The fourth-order valence-electron chi connectivity index (χ4n) is 7.18. The second-order valence-corrected chi connectivity index (χ2v) is 22.7. The molecule has 1 nitrogen and oxygen atoms in total. The summed E-state index contributed by atoms with van der Waals surface area (Å²) in [5.41, 5.74) is 9.95. The van der Waals surface area contributed by atoms with E-state index in [4.69, 9.17) is 16.1 Å². The van der Waals surface area contributed by atoms with Gasteiger partial charge in [0, 0.05) is 0 Å². The Balaban J connectivity index is 1.65. The van der Waals surface area contributed by atoms with E-state index < -0.39 is 27.0 Å². The van der Waals surface area contributed by atoms with Gasteiger partial charge in [0.15, 0.2) is 0 Å². The van der Waals surface area contributed by atoms with Gasteiger partial charge in [-0.2, -0.15) is 0 Å². The summed E-state index contributed by atoms with van der Waals surface area (Å²) < 4.78 is 12.7. The van der Waals surface area contributed by atoms with Crippen LogP contribution in [0.15, 0.2) is 60.7 Å². The van der Waals surface area contributed by atoms with Crippen LogP contribution >= 0.6 is 18.4 Å². The van der Waals surface area contributed by atoms with E-state index in [9.17, 15) is 0 Å². The number of aryl methyl sites for hydroxylation is 6. The molecule has 4 aromatic carbocycles. The van der Waals surface area contributed by atoms with Crippen molar-refractivity contribution in [1.82, 2.24) is 0 Å². The zero-order valence-corrected chi connectivity index (χ0v) is 26.8. The monoisotopic (exact) mass is 632 g/mol. The van der Waals surface area contributed by atoms with Crippen molar-refractivity contribution in [3.05, 3.63) is 105 Å². The molecule has 4 aromatic rings. The first-order chi connectivity index (χ1) is 17.6. The molecule has 1 spiro atoms. The molecule has 0 unspecified atom stereocenters. The number of hydrogen-bond donors (Lipinski definition) is 0. The Morgan fingerprint density at radius 2 is 1.00 bits per heavy atom. The van der Waals surface area contributed by atoms with Gasteiger partial charge in [-0.25, -0.2) is 0 Å². The van der Waals surface area contributed by atoms with E-state index in [1.165, 1.54) is 38.9 Å². The molecule has 2 bridgehead atoms. The van der Waals surface area contributed by atoms with Gasteiger partial charge in [-0.15, -0.1) is 0 Å². The third-order valence-electron chi connectivity index (χ3n) is 9.68. The van der Waals surface area contributed by atoms with Crippen molar-refractivity contribution in [2.45, 2.75) is 60.2 Å². The second-order valence-electron chi connectivity index (χ2n) is 11.5. The Kier molecular flexibility index (Phi) is 5.10. The summed E-state index contributed by atoms with van der Waals surface area (Å²) in [7, 11) is 0. The van der Waals surface area contributed by atoms with E-state index in [-0.39, 0.29) is 6.10 Å². The second kappa shape index (κ2) is 7.73. The third kappa shape index (κ3) is 2.75. The molecular weight excluding hydrogens is 601 g/mol. The van der Waals surface area contributed by atoms with Gasteiger partial charge in [0.05, 0.1) is 0 Å². The van der Waals surface area contributed by atoms with Gasteiger partial charge in [-0.3, -0.25) is 0 Å². The van der Waals surface area contributed by atoms with Crippen molar-refractivity contribution in [1.29, 1.82) is 0 Å². The van der Waals surface area contributed by atoms with Crippen molar-refractivity contribution in [3.63, 3.8) is 0 Å². The van der Waals surface area contributed by atoms with E-state index in [1.54, 1.807) is 26.4 Å². The van der Waals surface area contributed by atoms with E-state index in [2.05, 4.69) is 97.0 Å². The first-order valence-electron chi connectivity index (χ1n) is 13.2. The standard InChI is InChI=1S/C33H33ClOP.Sb/c1-21-8-15-30(18-24(21)4)36(31-16-9-22(2)25(5)19-31,32-17-10-23(3)26(6)20-32)27(7)33(35-36)28-11-13-29(34)14-12-28;/h8-14,18-20,27,33H,1-7H3;/t27-,33+;/m1./s1. The summed E-state index contributed by atoms with van der Waals surface area (Å²) in [6, 6.07) is 23.7. The van der Waals surface area contributed by atoms with Gasteiger partial charge in [-0.05, 0) is 0 Å². The number of hydrogen-bond acceptors (Lipinski definition) is 1. The average Bonchev–Trinajstić information content (AvgIpc) is 2.86. The van der Waals surface area contributed by atoms with E-state index in [1.807, 2.05) is 12.1 Å². The molecule has 0 radical (unpaired) electrons. The molecule has 8 rings (SSSR count). The third-order valence-corrected chi connectivity index (χ3v) is 25.3. The molecule has 0 amide bonds. The Labute approximate surface area is 233 Å². The first kappa shape index (κ1) is 24.4. The van der Waals surface area contributed by atoms with Crippen molar-refractivity contribution >= 4 is 65.1 Å². The van der Waals surface area contributed by atoms with Crippen molar-refractivity contribution in [2.75, 3.05) is 0 Å². The zero-order chi connectivity index (χ0) is 26.0. The molecule has 1 saturated heterocycles. The molecule has 0 N–H and O–H groups in total. The molecule has 0 aromatic heterocycles. The Bertz CT molecular complexity index is 1520. The molecule has 2 atom stereocenters. The van der Waals surface area contributed by atoms with Crippen LogP contribution in [0.4, 0.5) is 0 Å². The first-order valence-corrected chi connectivity index (χ1v) is 19.6. The summed E-state index contributed by atoms with van der Waals surface area (Å²) in [5, 5.41) is 5.44. The van der Waals surface area contributed by atoms with E-state index >= 15 is 0 Å². The van der Waals surface area contributed by atoms with Gasteiger partial charge in [0.2, 0.25) is 0 Å². The van der Waals surface area contributed by atoms with Crippen LogP contribution in [-0.4, -0.2) is 25.9 Å². The quantitative estimate of drug-likeness (QED) is 0.206. The van der Waals surface area contributed by atoms with E-state index in [0.717, 1.165) is 5.02 Å². The summed E-state index contributed by atoms with van der Waals surface area (Å²) in [4.78, 5) is 0. The Hall–Kier alpha value is -1.62. The summed E-state index contributed by atoms with van der Waals surface area (Å²) in [6.07, 6.45) is 0.0509. The number of rotatable bonds is 1. The molecule has 4 heteroatoms. The predicted octanol–water partition coefficient (Wildman–Crippen LogP) is 5.24. The van der Waals surface area contributed by atoms with Crippen LogP contribution in [0.5, 0.6) is 0 Å². The number of benzene rings is 4. The minimum absolute atomic E-state index is 0.0509. The van der Waals surface area contributed by atoms with Crippen LogP contribution in [0, 0.1) is 41.5 Å². The molecule has 0 aliphatic carbocycles. The van der Waals surface area contributed by atoms with Gasteiger partial charge in [0.25, 0.3) is 0 Å². The molecule has 37 heavy (non-hydrogen) atoms. The molecule has 4 aliphatic heterocycles. The maximum atomic E-state index is 7.76. The maximum absolute atomic E-state index is 7.76. The van der Waals surface area contributed by atoms with Crippen LogP contribution < -0.4 is 26.4 Å². The summed E-state index contributed by atoms with van der Waals surface area (Å²) in [5.74, 6) is 0. The van der Waals surface area contributed by atoms with Gasteiger partial charge < -0.3 is 0 Å². The van der Waals surface area contributed by atoms with E-state index in [0.29, 0.717) is 5.66 Å². The predicted molar refractivity (Wildman–Crippen MR) is 163 cm³/mol. The minimum atomic E-state index is -3.19. The van der Waals surface area contributed by atoms with Crippen LogP contribution in [0.2, 0.25) is 5.02 Å². The van der Waals surface area contributed by atoms with Crippen molar-refractivity contribution in [2.24, 2.45) is 0 Å². The van der Waals surface area contributed by atoms with Gasteiger partial charge >= 0.3 is 234 Å². The van der Waals surface area contributed by atoms with Gasteiger partial charge in [0.1, 0.15) is 0 Å². The SMILES string of the molecule is Cc1c[c]2c(cc1C)P13(O[C@H](c4ccc(Cl)cc4)[C@H]1C)c1cc(C)c(C)c[c]1[Sb]2[c]1cc(C)c(C)cc13. The molecule has 188 valence electrons. The number of halogens is 1. The molecule has 4 heterocycles. The van der Waals surface area contributed by atoms with Crippen LogP contribution in [-0.2, 0) is 4.52 Å². The molecule has 1 fully saturated rings. The molecular formula is C33H33ClOPSb. The zero-order valence-electron chi connectivity index (χ0n) is 22.6. The Morgan fingerprint density at radius 3 is 1.38 bits per heavy atom. The van der Waals surface area contributed by atoms with Crippen LogP contribution in [0.1, 0.15) is 52.0 Å². The van der Waals surface area contributed by atoms with Gasteiger partial charge in [-0.1, -0.05) is 0 Å². The summed E-state index contributed by atoms with van der Waals surface area (Å²) >= 11 is 4.04. The van der Waals surface area contributed by atoms with Crippen LogP contribution in [0.25, 0.3) is 0 Å².